The number of nitrogens with one attached hydrogen (secondary N) is 1. The second kappa shape index (κ2) is 8.15. The smallest absolute Gasteiger partial charge is 0.289 e. The zero-order valence-electron chi connectivity index (χ0n) is 14.2. The summed E-state index contributed by atoms with van der Waals surface area (Å²) in [6, 6.07) is 11.2. The molecule has 1 heterocycles. The van der Waals surface area contributed by atoms with Gasteiger partial charge in [0.1, 0.15) is 11.5 Å². The maximum Gasteiger partial charge on any atom is 0.289 e. The van der Waals surface area contributed by atoms with E-state index < -0.39 is 5.91 Å². The Bertz CT molecular complexity index is 747. The Kier molecular flexibility index (Phi) is 5.95. The Morgan fingerprint density at radius 3 is 2.46 bits per heavy atom. The average molecular weight is 323 g/mol. The predicted molar refractivity (Wildman–Crippen MR) is 94.1 cm³/mol. The quantitative estimate of drug-likeness (QED) is 0.656. The van der Waals surface area contributed by atoms with Gasteiger partial charge in [0.25, 0.3) is 5.91 Å². The van der Waals surface area contributed by atoms with Gasteiger partial charge in [-0.05, 0) is 38.5 Å². The fourth-order valence-electron chi connectivity index (χ4n) is 2.49. The van der Waals surface area contributed by atoms with Crippen molar-refractivity contribution < 1.29 is 9.59 Å². The molecule has 0 bridgehead atoms. The van der Waals surface area contributed by atoms with Crippen molar-refractivity contribution in [3.63, 3.8) is 0 Å². The number of benzene rings is 1. The van der Waals surface area contributed by atoms with E-state index in [1.807, 2.05) is 26.0 Å². The maximum atomic E-state index is 12.2. The van der Waals surface area contributed by atoms with Crippen LogP contribution in [0.5, 0.6) is 0 Å². The van der Waals surface area contributed by atoms with Crippen LogP contribution in [0.4, 0.5) is 0 Å². The third-order valence-corrected chi connectivity index (χ3v) is 3.38. The summed E-state index contributed by atoms with van der Waals surface area (Å²) in [6.45, 7) is 5.75. The van der Waals surface area contributed by atoms with Crippen molar-refractivity contribution in [1.82, 2.24) is 10.4 Å². The van der Waals surface area contributed by atoms with Crippen LogP contribution in [0.15, 0.2) is 47.7 Å². The van der Waals surface area contributed by atoms with Gasteiger partial charge in [-0.25, -0.2) is 5.43 Å². The largest absolute Gasteiger partial charge is 0.299 e. The van der Waals surface area contributed by atoms with Crippen molar-refractivity contribution in [1.29, 1.82) is 0 Å². The molecule has 1 aromatic heterocycles. The highest BCUT2D eigenvalue weighted by atomic mass is 16.2. The van der Waals surface area contributed by atoms with E-state index in [0.29, 0.717) is 12.1 Å². The third kappa shape index (κ3) is 5.43. The van der Waals surface area contributed by atoms with Crippen molar-refractivity contribution in [2.75, 3.05) is 0 Å². The summed E-state index contributed by atoms with van der Waals surface area (Å²) in [5.74, 6) is -0.329. The zero-order chi connectivity index (χ0) is 17.5. The number of carbonyl (C=O) groups is 2. The van der Waals surface area contributed by atoms with Crippen molar-refractivity contribution in [3.8, 4) is 0 Å². The molecule has 24 heavy (non-hydrogen) atoms. The summed E-state index contributed by atoms with van der Waals surface area (Å²) < 4.78 is 0. The molecule has 0 saturated carbocycles. The van der Waals surface area contributed by atoms with Gasteiger partial charge in [-0.15, -0.1) is 0 Å². The van der Waals surface area contributed by atoms with Crippen LogP contribution in [-0.4, -0.2) is 22.4 Å². The van der Waals surface area contributed by atoms with Crippen molar-refractivity contribution in [3.05, 3.63) is 65.0 Å². The molecule has 0 spiro atoms. The highest BCUT2D eigenvalue weighted by Gasteiger charge is 2.08. The van der Waals surface area contributed by atoms with Crippen LogP contribution in [0.2, 0.25) is 0 Å². The first-order valence-electron chi connectivity index (χ1n) is 7.77. The normalized spacial score (nSPS) is 11.2. The number of ketones is 1. The number of hydrogen-bond donors (Lipinski definition) is 1. The van der Waals surface area contributed by atoms with Crippen molar-refractivity contribution >= 4 is 17.4 Å². The van der Waals surface area contributed by atoms with Crippen molar-refractivity contribution in [2.45, 2.75) is 33.6 Å². The SMILES string of the molecule is C/C(CC(=O)Cc1cc(C)cc(C)c1)=N\NC(=O)c1ccccn1. The van der Waals surface area contributed by atoms with E-state index in [-0.39, 0.29) is 17.9 Å². The molecule has 0 unspecified atom stereocenters. The highest BCUT2D eigenvalue weighted by Crippen LogP contribution is 2.10. The number of aromatic nitrogens is 1. The third-order valence-electron chi connectivity index (χ3n) is 3.38. The lowest BCUT2D eigenvalue weighted by Gasteiger charge is -2.05. The molecule has 0 fully saturated rings. The number of pyridine rings is 1. The molecule has 0 aliphatic carbocycles. The van der Waals surface area contributed by atoms with E-state index in [0.717, 1.165) is 16.7 Å². The highest BCUT2D eigenvalue weighted by molar-refractivity contribution is 6.02. The molecule has 5 heteroatoms. The van der Waals surface area contributed by atoms with Crippen LogP contribution in [0.25, 0.3) is 0 Å². The van der Waals surface area contributed by atoms with Crippen LogP contribution in [0.1, 0.15) is 40.5 Å². The molecule has 0 radical (unpaired) electrons. The van der Waals surface area contributed by atoms with E-state index in [4.69, 9.17) is 0 Å². The molecule has 1 amide bonds. The summed E-state index contributed by atoms with van der Waals surface area (Å²) in [5.41, 5.74) is 6.56. The number of amides is 1. The first kappa shape index (κ1) is 17.5. The Morgan fingerprint density at radius 1 is 1.12 bits per heavy atom. The molecule has 124 valence electrons. The van der Waals surface area contributed by atoms with Crippen molar-refractivity contribution in [2.24, 2.45) is 5.10 Å². The number of carbonyl (C=O) groups excluding carboxylic acids is 2. The predicted octanol–water partition coefficient (Wildman–Crippen LogP) is 3.01. The molecule has 0 atom stereocenters. The minimum atomic E-state index is -0.392. The van der Waals surface area contributed by atoms with Crippen LogP contribution < -0.4 is 5.43 Å². The van der Waals surface area contributed by atoms with E-state index in [1.165, 1.54) is 0 Å². The maximum absolute atomic E-state index is 12.2. The van der Waals surface area contributed by atoms with Crippen LogP contribution >= 0.6 is 0 Å². The molecule has 1 aromatic carbocycles. The van der Waals surface area contributed by atoms with Crippen LogP contribution in [0.3, 0.4) is 0 Å². The number of nitrogens with zero attached hydrogens (tertiary/aromatic N) is 2. The van der Waals surface area contributed by atoms with Gasteiger partial charge in [-0.3, -0.25) is 14.6 Å². The lowest BCUT2D eigenvalue weighted by Crippen LogP contribution is -2.21. The zero-order valence-corrected chi connectivity index (χ0v) is 14.2. The van der Waals surface area contributed by atoms with Crippen LogP contribution in [-0.2, 0) is 11.2 Å². The Balaban J connectivity index is 1.90. The molecule has 5 nitrogen and oxygen atoms in total. The van der Waals surface area contributed by atoms with Gasteiger partial charge in [0.2, 0.25) is 0 Å². The molecule has 0 saturated heterocycles. The molecule has 2 rings (SSSR count). The van der Waals surface area contributed by atoms with Gasteiger partial charge in [-0.2, -0.15) is 5.10 Å². The summed E-state index contributed by atoms with van der Waals surface area (Å²) in [4.78, 5) is 27.9. The van der Waals surface area contributed by atoms with E-state index in [1.54, 1.807) is 31.3 Å². The number of hydrazone groups is 1. The first-order valence-corrected chi connectivity index (χ1v) is 7.77. The number of hydrogen-bond acceptors (Lipinski definition) is 4. The molecule has 1 N–H and O–H groups in total. The Morgan fingerprint density at radius 2 is 1.83 bits per heavy atom. The summed E-state index contributed by atoms with van der Waals surface area (Å²) >= 11 is 0. The number of rotatable bonds is 6. The average Bonchev–Trinajstić information content (AvgIpc) is 2.52. The monoisotopic (exact) mass is 323 g/mol. The molecule has 0 aliphatic heterocycles. The van der Waals surface area contributed by atoms with Gasteiger partial charge in [0, 0.05) is 24.8 Å². The standard InChI is InChI=1S/C19H21N3O2/c1-13-8-14(2)10-16(9-13)12-17(23)11-15(3)21-22-19(24)18-6-4-5-7-20-18/h4-10H,11-12H2,1-3H3,(H,22,24)/b21-15+. The molecule has 2 aromatic rings. The number of aryl methyl sites for hydroxylation is 2. The Hall–Kier alpha value is -2.82. The summed E-state index contributed by atoms with van der Waals surface area (Å²) in [5, 5.41) is 3.97. The van der Waals surface area contributed by atoms with Crippen LogP contribution in [0, 0.1) is 13.8 Å². The topological polar surface area (TPSA) is 71.4 Å². The molecule has 0 aliphatic rings. The molecular formula is C19H21N3O2. The second-order valence-electron chi connectivity index (χ2n) is 5.89. The van der Waals surface area contributed by atoms with Gasteiger partial charge >= 0.3 is 0 Å². The van der Waals surface area contributed by atoms with Gasteiger partial charge < -0.3 is 0 Å². The fourth-order valence-corrected chi connectivity index (χ4v) is 2.49. The minimum Gasteiger partial charge on any atom is -0.299 e. The minimum absolute atomic E-state index is 0.0633. The Labute approximate surface area is 141 Å². The lowest BCUT2D eigenvalue weighted by atomic mass is 10.0. The fraction of sp³-hybridized carbons (Fsp3) is 0.263. The first-order chi connectivity index (χ1) is 11.4. The summed E-state index contributed by atoms with van der Waals surface area (Å²) in [6.07, 6.45) is 2.11. The van der Waals surface area contributed by atoms with Gasteiger partial charge in [0.05, 0.1) is 0 Å². The second-order valence-corrected chi connectivity index (χ2v) is 5.89. The van der Waals surface area contributed by atoms with Gasteiger partial charge in [-0.1, -0.05) is 35.4 Å². The van der Waals surface area contributed by atoms with E-state index >= 15 is 0 Å². The lowest BCUT2D eigenvalue weighted by molar-refractivity contribution is -0.117. The van der Waals surface area contributed by atoms with E-state index in [9.17, 15) is 9.59 Å². The van der Waals surface area contributed by atoms with E-state index in [2.05, 4.69) is 21.6 Å². The number of Topliss-reactive ketones (excluding diaryl/α,β-unsaturated/α-hetero) is 1. The van der Waals surface area contributed by atoms with Gasteiger partial charge in [0.15, 0.2) is 0 Å². The summed E-state index contributed by atoms with van der Waals surface area (Å²) in [7, 11) is 0. The molecular weight excluding hydrogens is 302 g/mol.